The smallest absolute Gasteiger partial charge is 0.0394 e. The van der Waals surface area contributed by atoms with Gasteiger partial charge in [0.1, 0.15) is 0 Å². The molecule has 0 bridgehead atoms. The molecule has 12 heavy (non-hydrogen) atoms. The van der Waals surface area contributed by atoms with E-state index in [1.165, 1.54) is 5.69 Å². The molecule has 1 aromatic heterocycles. The fourth-order valence-electron chi connectivity index (χ4n) is 0.809. The van der Waals surface area contributed by atoms with E-state index in [2.05, 4.69) is 16.0 Å². The molecule has 0 aliphatic carbocycles. The molecule has 1 rings (SSSR count). The molecule has 0 spiro atoms. The molecule has 0 aromatic carbocycles. The highest BCUT2D eigenvalue weighted by atomic mass is 15.1. The Labute approximate surface area is 75.2 Å². The molecule has 0 fully saturated rings. The summed E-state index contributed by atoms with van der Waals surface area (Å²) in [6.07, 6.45) is 1.82. The second-order valence-corrected chi connectivity index (χ2v) is 2.55. The number of pyridine rings is 1. The maximum absolute atomic E-state index is 4.10. The minimum Gasteiger partial charge on any atom is -0.378 e. The van der Waals surface area contributed by atoms with Gasteiger partial charge < -0.3 is 4.90 Å². The van der Waals surface area contributed by atoms with Gasteiger partial charge in [0.25, 0.3) is 0 Å². The van der Waals surface area contributed by atoms with Gasteiger partial charge in [-0.15, -0.1) is 0 Å². The van der Waals surface area contributed by atoms with E-state index < -0.39 is 0 Å². The van der Waals surface area contributed by atoms with Crippen molar-refractivity contribution in [1.29, 1.82) is 0 Å². The Kier molecular flexibility index (Phi) is 5.09. The highest BCUT2D eigenvalue weighted by Gasteiger charge is 1.92. The molecule has 0 radical (unpaired) electrons. The van der Waals surface area contributed by atoms with Crippen LogP contribution in [-0.2, 0) is 0 Å². The van der Waals surface area contributed by atoms with E-state index in [9.17, 15) is 0 Å². The molecule has 0 aliphatic rings. The van der Waals surface area contributed by atoms with Crippen molar-refractivity contribution in [3.63, 3.8) is 0 Å². The average Bonchev–Trinajstić information content (AvgIpc) is 2.08. The highest BCUT2D eigenvalue weighted by molar-refractivity contribution is 5.44. The van der Waals surface area contributed by atoms with Gasteiger partial charge in [-0.05, 0) is 19.1 Å². The Balaban J connectivity index is 0.000000561. The lowest BCUT2D eigenvalue weighted by molar-refractivity contribution is 1.10. The number of aryl methyl sites for hydroxylation is 1. The van der Waals surface area contributed by atoms with Gasteiger partial charge in [-0.2, -0.15) is 0 Å². The SMILES string of the molecule is CC.Cc1cc(N(C)C)ccn1. The Morgan fingerprint density at radius 2 is 1.83 bits per heavy atom. The maximum atomic E-state index is 4.10. The second-order valence-electron chi connectivity index (χ2n) is 2.55. The summed E-state index contributed by atoms with van der Waals surface area (Å²) >= 11 is 0. The Hall–Kier alpha value is -1.05. The molecule has 0 atom stereocenters. The van der Waals surface area contributed by atoms with Crippen LogP contribution in [0.15, 0.2) is 18.3 Å². The monoisotopic (exact) mass is 166 g/mol. The lowest BCUT2D eigenvalue weighted by Crippen LogP contribution is -2.08. The van der Waals surface area contributed by atoms with Gasteiger partial charge in [0.15, 0.2) is 0 Å². The molecular weight excluding hydrogens is 148 g/mol. The molecule has 1 aromatic rings. The van der Waals surface area contributed by atoms with Gasteiger partial charge in [0.05, 0.1) is 0 Å². The van der Waals surface area contributed by atoms with Gasteiger partial charge in [-0.1, -0.05) is 13.8 Å². The minimum absolute atomic E-state index is 1.06. The van der Waals surface area contributed by atoms with Gasteiger partial charge in [-0.25, -0.2) is 0 Å². The second kappa shape index (κ2) is 5.58. The van der Waals surface area contributed by atoms with Crippen LogP contribution in [0.25, 0.3) is 0 Å². The highest BCUT2D eigenvalue weighted by Crippen LogP contribution is 2.09. The van der Waals surface area contributed by atoms with E-state index in [-0.39, 0.29) is 0 Å². The van der Waals surface area contributed by atoms with Crippen LogP contribution >= 0.6 is 0 Å². The molecule has 0 amide bonds. The van der Waals surface area contributed by atoms with Crippen LogP contribution in [0.2, 0.25) is 0 Å². The number of hydrogen-bond acceptors (Lipinski definition) is 2. The van der Waals surface area contributed by atoms with E-state index in [1.54, 1.807) is 0 Å². The van der Waals surface area contributed by atoms with Crippen LogP contribution in [0, 0.1) is 6.92 Å². The lowest BCUT2D eigenvalue weighted by atomic mass is 10.3. The quantitative estimate of drug-likeness (QED) is 0.637. The van der Waals surface area contributed by atoms with E-state index in [0.717, 1.165) is 5.69 Å². The summed E-state index contributed by atoms with van der Waals surface area (Å²) in [5.74, 6) is 0. The van der Waals surface area contributed by atoms with Crippen LogP contribution in [0.4, 0.5) is 5.69 Å². The van der Waals surface area contributed by atoms with E-state index >= 15 is 0 Å². The Bertz CT molecular complexity index is 219. The fraction of sp³-hybridized carbons (Fsp3) is 0.500. The van der Waals surface area contributed by atoms with E-state index in [0.29, 0.717) is 0 Å². The van der Waals surface area contributed by atoms with E-state index in [4.69, 9.17) is 0 Å². The molecule has 2 heteroatoms. The van der Waals surface area contributed by atoms with Crippen LogP contribution in [0.5, 0.6) is 0 Å². The third-order valence-corrected chi connectivity index (χ3v) is 1.40. The van der Waals surface area contributed by atoms with Crippen molar-refractivity contribution in [2.24, 2.45) is 0 Å². The number of nitrogens with zero attached hydrogens (tertiary/aromatic N) is 2. The maximum Gasteiger partial charge on any atom is 0.0394 e. The summed E-state index contributed by atoms with van der Waals surface area (Å²) < 4.78 is 0. The molecule has 0 aliphatic heterocycles. The van der Waals surface area contributed by atoms with Crippen molar-refractivity contribution in [2.75, 3.05) is 19.0 Å². The zero-order valence-electron chi connectivity index (χ0n) is 8.63. The normalized spacial score (nSPS) is 8.42. The van der Waals surface area contributed by atoms with Crippen LogP contribution in [0.1, 0.15) is 19.5 Å². The molecule has 1 heterocycles. The first-order valence-electron chi connectivity index (χ1n) is 4.30. The summed E-state index contributed by atoms with van der Waals surface area (Å²) in [4.78, 5) is 6.16. The number of hydrogen-bond donors (Lipinski definition) is 0. The fourth-order valence-corrected chi connectivity index (χ4v) is 0.809. The molecule has 0 saturated carbocycles. The van der Waals surface area contributed by atoms with Gasteiger partial charge in [0.2, 0.25) is 0 Å². The summed E-state index contributed by atoms with van der Waals surface area (Å²) in [6.45, 7) is 5.99. The summed E-state index contributed by atoms with van der Waals surface area (Å²) in [6, 6.07) is 4.05. The first-order chi connectivity index (χ1) is 5.70. The molecule has 0 unspecified atom stereocenters. The standard InChI is InChI=1S/C8H12N2.C2H6/c1-7-6-8(10(2)3)4-5-9-7;1-2/h4-6H,1-3H3;1-2H3. The van der Waals surface area contributed by atoms with Crippen LogP contribution in [-0.4, -0.2) is 19.1 Å². The first-order valence-corrected chi connectivity index (χ1v) is 4.30. The predicted octanol–water partition coefficient (Wildman–Crippen LogP) is 2.48. The first kappa shape index (κ1) is 11.0. The predicted molar refractivity (Wildman–Crippen MR) is 54.6 cm³/mol. The minimum atomic E-state index is 1.06. The Morgan fingerprint density at radius 3 is 2.17 bits per heavy atom. The summed E-state index contributed by atoms with van der Waals surface area (Å²) in [5.41, 5.74) is 2.26. The van der Waals surface area contributed by atoms with Crippen molar-refractivity contribution in [3.8, 4) is 0 Å². The van der Waals surface area contributed by atoms with Crippen molar-refractivity contribution < 1.29 is 0 Å². The summed E-state index contributed by atoms with van der Waals surface area (Å²) in [7, 11) is 4.05. The average molecular weight is 166 g/mol. The third-order valence-electron chi connectivity index (χ3n) is 1.40. The van der Waals surface area contributed by atoms with Crippen molar-refractivity contribution in [1.82, 2.24) is 4.98 Å². The van der Waals surface area contributed by atoms with Gasteiger partial charge >= 0.3 is 0 Å². The molecule has 0 N–H and O–H groups in total. The lowest BCUT2D eigenvalue weighted by Gasteiger charge is -2.11. The topological polar surface area (TPSA) is 16.1 Å². The zero-order valence-corrected chi connectivity index (χ0v) is 8.63. The number of aromatic nitrogens is 1. The largest absolute Gasteiger partial charge is 0.378 e. The molecule has 0 saturated heterocycles. The number of anilines is 1. The van der Waals surface area contributed by atoms with Gasteiger partial charge in [0, 0.05) is 31.7 Å². The van der Waals surface area contributed by atoms with Crippen molar-refractivity contribution >= 4 is 5.69 Å². The van der Waals surface area contributed by atoms with Crippen molar-refractivity contribution in [3.05, 3.63) is 24.0 Å². The number of rotatable bonds is 1. The Morgan fingerprint density at radius 1 is 1.25 bits per heavy atom. The molecule has 68 valence electrons. The van der Waals surface area contributed by atoms with Crippen LogP contribution in [0.3, 0.4) is 0 Å². The van der Waals surface area contributed by atoms with Gasteiger partial charge in [-0.3, -0.25) is 4.98 Å². The molecular formula is C10H18N2. The van der Waals surface area contributed by atoms with E-state index in [1.807, 2.05) is 47.1 Å². The molecule has 2 nitrogen and oxygen atoms in total. The zero-order chi connectivity index (χ0) is 9.56. The summed E-state index contributed by atoms with van der Waals surface area (Å²) in [5, 5.41) is 0. The van der Waals surface area contributed by atoms with Crippen molar-refractivity contribution in [2.45, 2.75) is 20.8 Å². The third kappa shape index (κ3) is 3.37. The van der Waals surface area contributed by atoms with Crippen LogP contribution < -0.4 is 4.90 Å².